The van der Waals surface area contributed by atoms with Crippen LogP contribution in [-0.4, -0.2) is 23.1 Å². The molecule has 0 radical (unpaired) electrons. The Balaban J connectivity index is 2.73. The van der Waals surface area contributed by atoms with Crippen molar-refractivity contribution in [3.8, 4) is 0 Å². The number of ether oxygens (including phenoxy) is 1. The molecule has 1 fully saturated rings. The molecule has 4 heteroatoms. The van der Waals surface area contributed by atoms with E-state index in [1.54, 1.807) is 13.8 Å². The molecule has 1 saturated heterocycles. The maximum Gasteiger partial charge on any atom is 0.331 e. The molecule has 0 spiro atoms. The molecule has 1 N–H and O–H groups in total. The Morgan fingerprint density at radius 2 is 2.21 bits per heavy atom. The number of esters is 1. The van der Waals surface area contributed by atoms with E-state index in [0.29, 0.717) is 6.42 Å². The maximum atomic E-state index is 11.3. The number of carboxylic acid groups (broad SMARTS) is 1. The number of cyclic esters (lactones) is 1. The fraction of sp³-hybridized carbons (Fsp3) is 0.600. The van der Waals surface area contributed by atoms with Crippen LogP contribution < -0.4 is 0 Å². The van der Waals surface area contributed by atoms with Crippen LogP contribution >= 0.6 is 0 Å². The predicted molar refractivity (Wildman–Crippen MR) is 49.7 cm³/mol. The summed E-state index contributed by atoms with van der Waals surface area (Å²) in [6, 6.07) is 0. The molecule has 1 aliphatic rings. The number of rotatable bonds is 2. The van der Waals surface area contributed by atoms with Crippen LogP contribution in [0.1, 0.15) is 27.2 Å². The first-order valence-electron chi connectivity index (χ1n) is 4.46. The van der Waals surface area contributed by atoms with Gasteiger partial charge in [-0.3, -0.25) is 4.79 Å². The van der Waals surface area contributed by atoms with E-state index in [1.807, 2.05) is 0 Å². The molecular formula is C10H14O4. The first kappa shape index (κ1) is 10.8. The second-order valence-electron chi connectivity index (χ2n) is 4.19. The highest BCUT2D eigenvalue weighted by molar-refractivity contribution is 5.86. The monoisotopic (exact) mass is 198 g/mol. The van der Waals surface area contributed by atoms with Gasteiger partial charge >= 0.3 is 11.9 Å². The van der Waals surface area contributed by atoms with Crippen molar-refractivity contribution in [2.24, 2.45) is 5.41 Å². The van der Waals surface area contributed by atoms with Gasteiger partial charge < -0.3 is 9.84 Å². The molecule has 1 aliphatic heterocycles. The molecule has 0 aliphatic carbocycles. The average Bonchev–Trinajstić information content (AvgIpc) is 2.25. The Morgan fingerprint density at radius 1 is 1.64 bits per heavy atom. The topological polar surface area (TPSA) is 63.6 Å². The second-order valence-corrected chi connectivity index (χ2v) is 4.19. The van der Waals surface area contributed by atoms with Crippen molar-refractivity contribution >= 4 is 11.9 Å². The van der Waals surface area contributed by atoms with Gasteiger partial charge in [-0.15, -0.1) is 0 Å². The quantitative estimate of drug-likeness (QED) is 0.537. The van der Waals surface area contributed by atoms with Gasteiger partial charge in [0.2, 0.25) is 0 Å². The molecule has 1 rings (SSSR count). The van der Waals surface area contributed by atoms with Crippen LogP contribution in [0.5, 0.6) is 0 Å². The molecule has 0 amide bonds. The van der Waals surface area contributed by atoms with Gasteiger partial charge in [-0.1, -0.05) is 0 Å². The molecular weight excluding hydrogens is 184 g/mol. The number of hydrogen-bond donors (Lipinski definition) is 1. The molecule has 0 aromatic rings. The van der Waals surface area contributed by atoms with Crippen molar-refractivity contribution in [1.82, 2.24) is 0 Å². The fourth-order valence-electron chi connectivity index (χ4n) is 1.37. The Hall–Kier alpha value is -1.32. The van der Waals surface area contributed by atoms with Crippen molar-refractivity contribution in [3.05, 3.63) is 11.6 Å². The zero-order valence-electron chi connectivity index (χ0n) is 8.53. The third-order valence-corrected chi connectivity index (χ3v) is 2.30. The van der Waals surface area contributed by atoms with Crippen LogP contribution in [0.3, 0.4) is 0 Å². The number of aliphatic carboxylic acids is 1. The third kappa shape index (κ3) is 2.13. The number of carbonyl (C=O) groups is 2. The molecule has 0 aromatic heterocycles. The highest BCUT2D eigenvalue weighted by Gasteiger charge is 2.40. The van der Waals surface area contributed by atoms with Gasteiger partial charge in [-0.2, -0.15) is 0 Å². The summed E-state index contributed by atoms with van der Waals surface area (Å²) in [5.41, 5.74) is -0.291. The maximum absolute atomic E-state index is 11.3. The van der Waals surface area contributed by atoms with E-state index in [2.05, 4.69) is 0 Å². The molecule has 14 heavy (non-hydrogen) atoms. The Kier molecular flexibility index (Phi) is 2.64. The first-order valence-corrected chi connectivity index (χ1v) is 4.46. The summed E-state index contributed by atoms with van der Waals surface area (Å²) in [5, 5.41) is 8.63. The summed E-state index contributed by atoms with van der Waals surface area (Å²) in [6.07, 6.45) is 1.62. The zero-order valence-corrected chi connectivity index (χ0v) is 8.53. The number of carbonyl (C=O) groups excluding carboxylic acids is 1. The summed E-state index contributed by atoms with van der Waals surface area (Å²) in [5.74, 6) is -1.25. The summed E-state index contributed by atoms with van der Waals surface area (Å²) in [7, 11) is 0. The molecule has 1 unspecified atom stereocenters. The van der Waals surface area contributed by atoms with Crippen LogP contribution in [0.15, 0.2) is 11.6 Å². The first-order chi connectivity index (χ1) is 6.33. The average molecular weight is 198 g/mol. The lowest BCUT2D eigenvalue weighted by molar-refractivity contribution is -0.146. The van der Waals surface area contributed by atoms with Crippen molar-refractivity contribution in [2.75, 3.05) is 0 Å². The van der Waals surface area contributed by atoms with Crippen LogP contribution in [0, 0.1) is 5.41 Å². The van der Waals surface area contributed by atoms with Crippen LogP contribution in [0.2, 0.25) is 0 Å². The van der Waals surface area contributed by atoms with E-state index >= 15 is 0 Å². The molecule has 0 aromatic carbocycles. The van der Waals surface area contributed by atoms with E-state index < -0.39 is 17.5 Å². The lowest BCUT2D eigenvalue weighted by atomic mass is 9.89. The summed E-state index contributed by atoms with van der Waals surface area (Å²) in [6.45, 7) is 5.07. The lowest BCUT2D eigenvalue weighted by Crippen LogP contribution is -2.16. The molecule has 1 atom stereocenters. The summed E-state index contributed by atoms with van der Waals surface area (Å²) < 4.78 is 5.02. The molecule has 4 nitrogen and oxygen atoms in total. The van der Waals surface area contributed by atoms with Crippen molar-refractivity contribution < 1.29 is 19.4 Å². The van der Waals surface area contributed by atoms with Crippen molar-refractivity contribution in [1.29, 1.82) is 0 Å². The molecule has 0 bridgehead atoms. The summed E-state index contributed by atoms with van der Waals surface area (Å²) >= 11 is 0. The number of carboxylic acids is 1. The van der Waals surface area contributed by atoms with Gasteiger partial charge in [0.15, 0.2) is 0 Å². The van der Waals surface area contributed by atoms with Crippen LogP contribution in [0.4, 0.5) is 0 Å². The van der Waals surface area contributed by atoms with Crippen molar-refractivity contribution in [2.45, 2.75) is 33.3 Å². The standard InChI is InChI=1S/C10H14O4/c1-6(8(11)12)4-7-5-10(2,3)9(13)14-7/h4,7H,5H2,1-3H3,(H,11,12). The van der Waals surface area contributed by atoms with Crippen molar-refractivity contribution in [3.63, 3.8) is 0 Å². The van der Waals surface area contributed by atoms with Gasteiger partial charge in [0, 0.05) is 12.0 Å². The van der Waals surface area contributed by atoms with E-state index in [1.165, 1.54) is 13.0 Å². The highest BCUT2D eigenvalue weighted by Crippen LogP contribution is 2.33. The Labute approximate surface area is 82.6 Å². The van der Waals surface area contributed by atoms with Gasteiger partial charge in [0.1, 0.15) is 6.10 Å². The largest absolute Gasteiger partial charge is 0.478 e. The lowest BCUT2D eigenvalue weighted by Gasteiger charge is -2.08. The third-order valence-electron chi connectivity index (χ3n) is 2.30. The van der Waals surface area contributed by atoms with Crippen LogP contribution in [0.25, 0.3) is 0 Å². The van der Waals surface area contributed by atoms with E-state index in [9.17, 15) is 9.59 Å². The second kappa shape index (κ2) is 3.44. The Morgan fingerprint density at radius 3 is 2.57 bits per heavy atom. The SMILES string of the molecule is CC(=CC1CC(C)(C)C(=O)O1)C(=O)O. The van der Waals surface area contributed by atoms with Crippen LogP contribution in [-0.2, 0) is 14.3 Å². The smallest absolute Gasteiger partial charge is 0.331 e. The molecule has 0 saturated carbocycles. The van der Waals surface area contributed by atoms with Gasteiger partial charge in [-0.05, 0) is 26.8 Å². The van der Waals surface area contributed by atoms with E-state index in [4.69, 9.17) is 9.84 Å². The molecule has 1 heterocycles. The van der Waals surface area contributed by atoms with Gasteiger partial charge in [0.05, 0.1) is 5.41 Å². The fourth-order valence-corrected chi connectivity index (χ4v) is 1.37. The Bertz CT molecular complexity index is 301. The van der Waals surface area contributed by atoms with E-state index in [-0.39, 0.29) is 11.5 Å². The van der Waals surface area contributed by atoms with Gasteiger partial charge in [0.25, 0.3) is 0 Å². The number of hydrogen-bond acceptors (Lipinski definition) is 3. The van der Waals surface area contributed by atoms with E-state index in [0.717, 1.165) is 0 Å². The summed E-state index contributed by atoms with van der Waals surface area (Å²) in [4.78, 5) is 21.8. The zero-order chi connectivity index (χ0) is 10.9. The highest BCUT2D eigenvalue weighted by atomic mass is 16.6. The predicted octanol–water partition coefficient (Wildman–Crippen LogP) is 1.36. The minimum Gasteiger partial charge on any atom is -0.478 e. The van der Waals surface area contributed by atoms with Gasteiger partial charge in [-0.25, -0.2) is 4.79 Å². The minimum absolute atomic E-state index is 0.209. The molecule has 78 valence electrons. The normalized spacial score (nSPS) is 26.1. The minimum atomic E-state index is -0.981.